The standard InChI is InChI=1S/C10H16N4O3/c15-10(7-14-9-11-8-12-14)17-6-3-13-1-4-16-5-2-13/h8-9H,1-7H2. The van der Waals surface area contributed by atoms with Gasteiger partial charge in [0.15, 0.2) is 0 Å². The number of nitrogens with zero attached hydrogens (tertiary/aromatic N) is 4. The second kappa shape index (κ2) is 6.31. The van der Waals surface area contributed by atoms with Crippen LogP contribution >= 0.6 is 0 Å². The van der Waals surface area contributed by atoms with Gasteiger partial charge < -0.3 is 9.47 Å². The monoisotopic (exact) mass is 240 g/mol. The van der Waals surface area contributed by atoms with Crippen LogP contribution in [0.5, 0.6) is 0 Å². The average Bonchev–Trinajstić information content (AvgIpc) is 2.83. The molecule has 0 N–H and O–H groups in total. The lowest BCUT2D eigenvalue weighted by Crippen LogP contribution is -2.38. The maximum Gasteiger partial charge on any atom is 0.327 e. The molecule has 7 heteroatoms. The van der Waals surface area contributed by atoms with Crippen molar-refractivity contribution in [2.75, 3.05) is 39.5 Å². The molecule has 2 rings (SSSR count). The lowest BCUT2D eigenvalue weighted by molar-refractivity contribution is -0.145. The molecule has 0 aromatic carbocycles. The Morgan fingerprint density at radius 2 is 2.24 bits per heavy atom. The zero-order chi connectivity index (χ0) is 11.9. The van der Waals surface area contributed by atoms with Gasteiger partial charge in [-0.3, -0.25) is 9.69 Å². The molecule has 1 saturated heterocycles. The summed E-state index contributed by atoms with van der Waals surface area (Å²) in [5.41, 5.74) is 0. The second-order valence-electron chi connectivity index (χ2n) is 3.77. The summed E-state index contributed by atoms with van der Waals surface area (Å²) in [4.78, 5) is 17.4. The fraction of sp³-hybridized carbons (Fsp3) is 0.700. The minimum Gasteiger partial charge on any atom is -0.463 e. The first-order valence-electron chi connectivity index (χ1n) is 5.63. The predicted octanol–water partition coefficient (Wildman–Crippen LogP) is -0.846. The third-order valence-electron chi connectivity index (χ3n) is 2.53. The summed E-state index contributed by atoms with van der Waals surface area (Å²) in [5, 5.41) is 3.83. The lowest BCUT2D eigenvalue weighted by atomic mass is 10.4. The molecule has 0 amide bonds. The van der Waals surface area contributed by atoms with E-state index in [0.29, 0.717) is 6.61 Å². The first kappa shape index (κ1) is 12.0. The topological polar surface area (TPSA) is 69.5 Å². The second-order valence-corrected chi connectivity index (χ2v) is 3.77. The maximum atomic E-state index is 11.4. The van der Waals surface area contributed by atoms with Gasteiger partial charge in [-0.15, -0.1) is 0 Å². The van der Waals surface area contributed by atoms with Crippen LogP contribution in [0, 0.1) is 0 Å². The van der Waals surface area contributed by atoms with Crippen LogP contribution in [0.3, 0.4) is 0 Å². The molecule has 0 radical (unpaired) electrons. The Hall–Kier alpha value is -1.47. The highest BCUT2D eigenvalue weighted by Gasteiger charge is 2.11. The van der Waals surface area contributed by atoms with Crippen molar-refractivity contribution in [1.82, 2.24) is 19.7 Å². The Bertz CT molecular complexity index is 335. The Labute approximate surface area is 99.3 Å². The average molecular weight is 240 g/mol. The van der Waals surface area contributed by atoms with Gasteiger partial charge in [-0.25, -0.2) is 9.67 Å². The SMILES string of the molecule is O=C(Cn1cncn1)OCCN1CCOCC1. The molecule has 1 aliphatic rings. The molecule has 1 aromatic rings. The van der Waals surface area contributed by atoms with Crippen LogP contribution in [0.4, 0.5) is 0 Å². The smallest absolute Gasteiger partial charge is 0.327 e. The molecule has 1 aliphatic heterocycles. The quantitative estimate of drug-likeness (QED) is 0.625. The zero-order valence-electron chi connectivity index (χ0n) is 9.62. The molecule has 17 heavy (non-hydrogen) atoms. The van der Waals surface area contributed by atoms with Gasteiger partial charge in [-0.05, 0) is 0 Å². The number of carbonyl (C=O) groups excluding carboxylic acids is 1. The van der Waals surface area contributed by atoms with Crippen molar-refractivity contribution in [1.29, 1.82) is 0 Å². The van der Waals surface area contributed by atoms with Crippen molar-refractivity contribution < 1.29 is 14.3 Å². The van der Waals surface area contributed by atoms with Crippen LogP contribution in [0.1, 0.15) is 0 Å². The Morgan fingerprint density at radius 3 is 2.94 bits per heavy atom. The minimum absolute atomic E-state index is 0.114. The van der Waals surface area contributed by atoms with Gasteiger partial charge in [-0.2, -0.15) is 5.10 Å². The molecular formula is C10H16N4O3. The number of morpholine rings is 1. The van der Waals surface area contributed by atoms with Gasteiger partial charge >= 0.3 is 5.97 Å². The molecule has 1 fully saturated rings. The highest BCUT2D eigenvalue weighted by atomic mass is 16.5. The molecule has 0 atom stereocenters. The summed E-state index contributed by atoms with van der Waals surface area (Å²) in [5.74, 6) is -0.288. The third-order valence-corrected chi connectivity index (χ3v) is 2.53. The minimum atomic E-state index is -0.288. The van der Waals surface area contributed by atoms with Crippen LogP contribution in [-0.2, 0) is 20.8 Å². The maximum absolute atomic E-state index is 11.4. The van der Waals surface area contributed by atoms with Crippen LogP contribution in [0.2, 0.25) is 0 Å². The van der Waals surface area contributed by atoms with E-state index in [4.69, 9.17) is 9.47 Å². The van der Waals surface area contributed by atoms with Crippen molar-refractivity contribution in [2.45, 2.75) is 6.54 Å². The molecule has 7 nitrogen and oxygen atoms in total. The molecule has 0 spiro atoms. The number of hydrogen-bond donors (Lipinski definition) is 0. The molecule has 0 unspecified atom stereocenters. The third kappa shape index (κ3) is 4.12. The summed E-state index contributed by atoms with van der Waals surface area (Å²) in [6, 6.07) is 0. The van der Waals surface area contributed by atoms with Crippen molar-refractivity contribution in [3.05, 3.63) is 12.7 Å². The van der Waals surface area contributed by atoms with E-state index in [-0.39, 0.29) is 12.5 Å². The van der Waals surface area contributed by atoms with Crippen LogP contribution in [0.15, 0.2) is 12.7 Å². The van der Waals surface area contributed by atoms with E-state index in [1.165, 1.54) is 17.3 Å². The molecule has 0 bridgehead atoms. The molecule has 1 aromatic heterocycles. The van der Waals surface area contributed by atoms with E-state index in [1.54, 1.807) is 0 Å². The predicted molar refractivity (Wildman–Crippen MR) is 58.2 cm³/mol. The number of carbonyl (C=O) groups is 1. The largest absolute Gasteiger partial charge is 0.463 e. The first-order valence-corrected chi connectivity index (χ1v) is 5.63. The summed E-state index contributed by atoms with van der Waals surface area (Å²) < 4.78 is 11.8. The number of aromatic nitrogens is 3. The summed E-state index contributed by atoms with van der Waals surface area (Å²) in [7, 11) is 0. The Kier molecular flexibility index (Phi) is 4.45. The highest BCUT2D eigenvalue weighted by Crippen LogP contribution is 1.96. The van der Waals surface area contributed by atoms with Gasteiger partial charge in [0.2, 0.25) is 0 Å². The van der Waals surface area contributed by atoms with Gasteiger partial charge in [0.05, 0.1) is 13.2 Å². The zero-order valence-corrected chi connectivity index (χ0v) is 9.62. The van der Waals surface area contributed by atoms with Crippen molar-refractivity contribution in [3.8, 4) is 0 Å². The molecule has 2 heterocycles. The van der Waals surface area contributed by atoms with E-state index < -0.39 is 0 Å². The summed E-state index contributed by atoms with van der Waals surface area (Å²) in [6.45, 7) is 4.60. The van der Waals surface area contributed by atoms with E-state index in [1.807, 2.05) is 0 Å². The normalized spacial score (nSPS) is 16.9. The highest BCUT2D eigenvalue weighted by molar-refractivity contribution is 5.68. The van der Waals surface area contributed by atoms with Gasteiger partial charge in [0.1, 0.15) is 25.8 Å². The molecule has 0 saturated carbocycles. The summed E-state index contributed by atoms with van der Waals surface area (Å²) >= 11 is 0. The van der Waals surface area contributed by atoms with Crippen molar-refractivity contribution >= 4 is 5.97 Å². The first-order chi connectivity index (χ1) is 8.34. The molecular weight excluding hydrogens is 224 g/mol. The van der Waals surface area contributed by atoms with Gasteiger partial charge in [0.25, 0.3) is 0 Å². The number of hydrogen-bond acceptors (Lipinski definition) is 6. The fourth-order valence-corrected chi connectivity index (χ4v) is 1.61. The Morgan fingerprint density at radius 1 is 1.41 bits per heavy atom. The lowest BCUT2D eigenvalue weighted by Gasteiger charge is -2.26. The van der Waals surface area contributed by atoms with E-state index >= 15 is 0 Å². The van der Waals surface area contributed by atoms with Gasteiger partial charge in [0, 0.05) is 19.6 Å². The van der Waals surface area contributed by atoms with E-state index in [2.05, 4.69) is 15.0 Å². The molecule has 94 valence electrons. The summed E-state index contributed by atoms with van der Waals surface area (Å²) in [6.07, 6.45) is 2.88. The van der Waals surface area contributed by atoms with Crippen LogP contribution < -0.4 is 0 Å². The Balaban J connectivity index is 1.59. The van der Waals surface area contributed by atoms with Crippen molar-refractivity contribution in [3.63, 3.8) is 0 Å². The van der Waals surface area contributed by atoms with Crippen molar-refractivity contribution in [2.24, 2.45) is 0 Å². The van der Waals surface area contributed by atoms with Crippen LogP contribution in [0.25, 0.3) is 0 Å². The fourth-order valence-electron chi connectivity index (χ4n) is 1.61. The number of rotatable bonds is 5. The van der Waals surface area contributed by atoms with E-state index in [9.17, 15) is 4.79 Å². The van der Waals surface area contributed by atoms with E-state index in [0.717, 1.165) is 32.8 Å². The molecule has 0 aliphatic carbocycles. The van der Waals surface area contributed by atoms with Gasteiger partial charge in [-0.1, -0.05) is 0 Å². The number of esters is 1. The number of ether oxygens (including phenoxy) is 2. The van der Waals surface area contributed by atoms with Crippen LogP contribution in [-0.4, -0.2) is 65.1 Å².